The van der Waals surface area contributed by atoms with Crippen LogP contribution in [0.5, 0.6) is 11.6 Å². The minimum atomic E-state index is -0.482. The highest BCUT2D eigenvalue weighted by Gasteiger charge is 2.30. The Hall–Kier alpha value is -3.02. The van der Waals surface area contributed by atoms with Crippen LogP contribution < -0.4 is 14.8 Å². The maximum atomic E-state index is 13.7. The first-order valence-corrected chi connectivity index (χ1v) is 14.8. The van der Waals surface area contributed by atoms with Gasteiger partial charge in [0.2, 0.25) is 5.88 Å². The Kier molecular flexibility index (Phi) is 11.4. The van der Waals surface area contributed by atoms with Crippen molar-refractivity contribution in [2.75, 3.05) is 39.3 Å². The van der Waals surface area contributed by atoms with E-state index >= 15 is 0 Å². The number of aliphatic hydroxyl groups excluding tert-OH is 1. The number of nitrogens with zero attached hydrogens (tertiary/aromatic N) is 2. The molecule has 2 saturated heterocycles. The van der Waals surface area contributed by atoms with Crippen LogP contribution in [0.4, 0.5) is 9.18 Å². The summed E-state index contributed by atoms with van der Waals surface area (Å²) in [6, 6.07) is 11.8. The van der Waals surface area contributed by atoms with Gasteiger partial charge in [-0.25, -0.2) is 9.18 Å². The lowest BCUT2D eigenvalue weighted by Crippen LogP contribution is -2.51. The summed E-state index contributed by atoms with van der Waals surface area (Å²) in [5.41, 5.74) is 2.12. The number of ether oxygens (including phenoxy) is 2. The molecule has 0 radical (unpaired) electrons. The average molecular weight is 652 g/mol. The van der Waals surface area contributed by atoms with Crippen molar-refractivity contribution in [1.82, 2.24) is 20.1 Å². The summed E-state index contributed by atoms with van der Waals surface area (Å²) in [4.78, 5) is 20.8. The van der Waals surface area contributed by atoms with E-state index in [2.05, 4.69) is 33.9 Å². The van der Waals surface area contributed by atoms with Crippen molar-refractivity contribution >= 4 is 52.8 Å². The first kappa shape index (κ1) is 33.9. The summed E-state index contributed by atoms with van der Waals surface area (Å²) in [7, 11) is 0. The van der Waals surface area contributed by atoms with Crippen LogP contribution in [0.2, 0.25) is 0 Å². The second kappa shape index (κ2) is 14.8. The maximum absolute atomic E-state index is 13.7. The monoisotopic (exact) mass is 650 g/mol. The van der Waals surface area contributed by atoms with Gasteiger partial charge in [-0.3, -0.25) is 0 Å². The average Bonchev–Trinajstić information content (AvgIpc) is 3.57. The molecule has 3 atom stereocenters. The molecule has 0 saturated carbocycles. The van der Waals surface area contributed by atoms with Crippen LogP contribution in [-0.2, 0) is 6.61 Å². The number of amides is 1. The molecule has 0 spiro atoms. The molecule has 2 aliphatic rings. The van der Waals surface area contributed by atoms with Crippen LogP contribution in [0.1, 0.15) is 32.3 Å². The lowest BCUT2D eigenvalue weighted by Gasteiger charge is -2.40. The van der Waals surface area contributed by atoms with Gasteiger partial charge in [-0.1, -0.05) is 19.9 Å². The fraction of sp³-hybridized carbons (Fsp3) is 0.469. The van der Waals surface area contributed by atoms with Gasteiger partial charge >= 0.3 is 6.09 Å². The summed E-state index contributed by atoms with van der Waals surface area (Å²) in [5.74, 6) is 1.23. The Labute approximate surface area is 268 Å². The van der Waals surface area contributed by atoms with E-state index in [1.54, 1.807) is 18.4 Å². The summed E-state index contributed by atoms with van der Waals surface area (Å²) < 4.78 is 30.9. The van der Waals surface area contributed by atoms with Crippen LogP contribution in [0.15, 0.2) is 53.1 Å². The van der Waals surface area contributed by atoms with Crippen molar-refractivity contribution in [3.05, 3.63) is 60.1 Å². The molecule has 4 aromatic rings. The van der Waals surface area contributed by atoms with Crippen molar-refractivity contribution in [2.24, 2.45) is 11.8 Å². The molecule has 2 fully saturated rings. The summed E-state index contributed by atoms with van der Waals surface area (Å²) >= 11 is 0. The minimum absolute atomic E-state index is 0. The first-order valence-electron chi connectivity index (χ1n) is 14.8. The molecule has 44 heavy (non-hydrogen) atoms. The number of benzene rings is 2. The molecule has 2 aromatic carbocycles. The lowest BCUT2D eigenvalue weighted by molar-refractivity contribution is -0.0109. The first-order chi connectivity index (χ1) is 20.3. The fourth-order valence-electron chi connectivity index (χ4n) is 6.33. The number of nitrogens with one attached hydrogen (secondary N) is 2. The van der Waals surface area contributed by atoms with Gasteiger partial charge in [-0.05, 0) is 55.0 Å². The number of piperidine rings is 2. The number of halogens is 3. The van der Waals surface area contributed by atoms with Crippen LogP contribution in [0.3, 0.4) is 0 Å². The number of rotatable bonds is 8. The molecule has 9 nitrogen and oxygen atoms in total. The van der Waals surface area contributed by atoms with Crippen LogP contribution in [-0.4, -0.2) is 77.4 Å². The Bertz CT molecular complexity index is 1530. The number of hydrogen-bond donors (Lipinski definition) is 3. The quantitative estimate of drug-likeness (QED) is 0.216. The van der Waals surface area contributed by atoms with Gasteiger partial charge in [-0.2, -0.15) is 0 Å². The molecular formula is C32H41Cl2FN4O5. The van der Waals surface area contributed by atoms with Gasteiger partial charge in [0, 0.05) is 67.7 Å². The predicted molar refractivity (Wildman–Crippen MR) is 173 cm³/mol. The molecule has 240 valence electrons. The Morgan fingerprint density at radius 2 is 1.77 bits per heavy atom. The Morgan fingerprint density at radius 3 is 2.52 bits per heavy atom. The molecule has 2 aliphatic heterocycles. The summed E-state index contributed by atoms with van der Waals surface area (Å²) in [5, 5.41) is 14.7. The normalized spacial score (nSPS) is 21.5. The zero-order valence-corrected chi connectivity index (χ0v) is 26.6. The van der Waals surface area contributed by atoms with Gasteiger partial charge < -0.3 is 39.1 Å². The molecule has 6 rings (SSSR count). The van der Waals surface area contributed by atoms with E-state index < -0.39 is 6.09 Å². The Morgan fingerprint density at radius 1 is 1.05 bits per heavy atom. The third-order valence-electron chi connectivity index (χ3n) is 8.70. The van der Waals surface area contributed by atoms with Gasteiger partial charge in [0.15, 0.2) is 0 Å². The smallest absolute Gasteiger partial charge is 0.414 e. The largest absolute Gasteiger partial charge is 0.488 e. The zero-order chi connectivity index (χ0) is 29.2. The number of carbonyl (C=O) groups is 1. The SMILES string of the molecule is C[C@@H]1CN(CCN2CCC(NC(=O)Oc3cc4c(OCc5coc6ccc(F)cc56)cccc4[nH]3)CC2)C[C@H](C)C1O.Cl.Cl. The maximum Gasteiger partial charge on any atom is 0.414 e. The van der Waals surface area contributed by atoms with Crippen molar-refractivity contribution in [1.29, 1.82) is 0 Å². The highest BCUT2D eigenvalue weighted by molar-refractivity contribution is 5.88. The van der Waals surface area contributed by atoms with E-state index in [1.165, 1.54) is 12.1 Å². The number of carbonyl (C=O) groups excluding carboxylic acids is 1. The molecule has 0 aliphatic carbocycles. The van der Waals surface area contributed by atoms with Crippen molar-refractivity contribution in [3.63, 3.8) is 0 Å². The number of furan rings is 1. The van der Waals surface area contributed by atoms with Gasteiger partial charge in [0.05, 0.1) is 17.9 Å². The molecule has 4 heterocycles. The van der Waals surface area contributed by atoms with Gasteiger partial charge in [0.25, 0.3) is 0 Å². The van der Waals surface area contributed by atoms with Crippen LogP contribution in [0, 0.1) is 17.7 Å². The topological polar surface area (TPSA) is 103 Å². The number of aromatic amines is 1. The molecule has 1 unspecified atom stereocenters. The highest BCUT2D eigenvalue weighted by Crippen LogP contribution is 2.31. The van der Waals surface area contributed by atoms with E-state index in [9.17, 15) is 14.3 Å². The van der Waals surface area contributed by atoms with Gasteiger partial charge in [0.1, 0.15) is 23.8 Å². The molecule has 3 N–H and O–H groups in total. The van der Waals surface area contributed by atoms with E-state index in [0.29, 0.717) is 34.4 Å². The fourth-order valence-corrected chi connectivity index (χ4v) is 6.33. The number of hydrogen-bond acceptors (Lipinski definition) is 7. The predicted octanol–water partition coefficient (Wildman–Crippen LogP) is 5.98. The highest BCUT2D eigenvalue weighted by atomic mass is 35.5. The van der Waals surface area contributed by atoms with Gasteiger partial charge in [-0.15, -0.1) is 24.8 Å². The van der Waals surface area contributed by atoms with E-state index in [0.717, 1.165) is 68.6 Å². The van der Waals surface area contributed by atoms with E-state index in [1.807, 2.05) is 18.2 Å². The molecule has 0 bridgehead atoms. The molecular weight excluding hydrogens is 610 g/mol. The molecule has 12 heteroatoms. The van der Waals surface area contributed by atoms with Crippen molar-refractivity contribution in [2.45, 2.75) is 45.4 Å². The molecule has 2 aromatic heterocycles. The summed E-state index contributed by atoms with van der Waals surface area (Å²) in [6.45, 7) is 10.2. The number of likely N-dealkylation sites (tertiary alicyclic amines) is 2. The second-order valence-corrected chi connectivity index (χ2v) is 11.9. The van der Waals surface area contributed by atoms with Crippen molar-refractivity contribution < 1.29 is 28.2 Å². The number of H-pyrrole nitrogens is 1. The van der Waals surface area contributed by atoms with Crippen molar-refractivity contribution in [3.8, 4) is 11.6 Å². The number of aliphatic hydroxyl groups is 1. The zero-order valence-electron chi connectivity index (χ0n) is 25.0. The number of aromatic nitrogens is 1. The molecule has 1 amide bonds. The minimum Gasteiger partial charge on any atom is -0.488 e. The Balaban J connectivity index is 0.00000221. The van der Waals surface area contributed by atoms with Crippen LogP contribution in [0.25, 0.3) is 21.9 Å². The van der Waals surface area contributed by atoms with E-state index in [4.69, 9.17) is 13.9 Å². The summed E-state index contributed by atoms with van der Waals surface area (Å²) in [6.07, 6.45) is 2.64. The van der Waals surface area contributed by atoms with E-state index in [-0.39, 0.29) is 49.4 Å². The van der Waals surface area contributed by atoms with Crippen LogP contribution >= 0.6 is 24.8 Å². The second-order valence-electron chi connectivity index (χ2n) is 11.9. The third-order valence-corrected chi connectivity index (χ3v) is 8.70. The third kappa shape index (κ3) is 7.79. The lowest BCUT2D eigenvalue weighted by atomic mass is 9.88. The standard InChI is InChI=1S/C32H39FN4O5.2ClH/c1-20-16-37(17-21(2)31(20)38)13-12-36-10-8-24(9-11-36)34-32(39)42-30-15-26-27(35-30)4-3-5-28(26)40-18-22-19-41-29-7-6-23(33)14-25(22)29;;/h3-7,14-15,19-21,24,31,35,38H,8-13,16-18H2,1-2H3,(H,34,39);2*1H/t20-,21+,31?;;. The number of fused-ring (bicyclic) bond motifs is 2.